The fourth-order valence-corrected chi connectivity index (χ4v) is 6.71. The van der Waals surface area contributed by atoms with Crippen molar-refractivity contribution in [3.05, 3.63) is 82.7 Å². The molecule has 1 saturated heterocycles. The average molecular weight is 675 g/mol. The maximum atomic E-state index is 12.1. The Morgan fingerprint density at radius 2 is 1.77 bits per heavy atom. The molecule has 244 valence electrons. The van der Waals surface area contributed by atoms with Gasteiger partial charge in [0.25, 0.3) is 0 Å². The van der Waals surface area contributed by atoms with Crippen molar-refractivity contribution in [1.29, 1.82) is 0 Å². The van der Waals surface area contributed by atoms with E-state index in [2.05, 4.69) is 46.1 Å². The first-order valence-electron chi connectivity index (χ1n) is 15.4. The van der Waals surface area contributed by atoms with E-state index < -0.39 is 0 Å². The Hall–Kier alpha value is -4.51. The molecule has 10 nitrogen and oxygen atoms in total. The molecule has 0 radical (unpaired) electrons. The van der Waals surface area contributed by atoms with Crippen molar-refractivity contribution in [3.63, 3.8) is 0 Å². The lowest BCUT2D eigenvalue weighted by Crippen LogP contribution is -2.46. The van der Waals surface area contributed by atoms with E-state index in [1.807, 2.05) is 35.7 Å². The smallest absolute Gasteiger partial charge is 0.243 e. The van der Waals surface area contributed by atoms with E-state index in [1.54, 1.807) is 26.5 Å². The Morgan fingerprint density at radius 1 is 1.04 bits per heavy atom. The number of likely N-dealkylation sites (N-methyl/N-ethyl adjacent to an activating group) is 1. The molecule has 1 aliphatic rings. The van der Waals surface area contributed by atoms with Crippen molar-refractivity contribution in [1.82, 2.24) is 24.6 Å². The van der Waals surface area contributed by atoms with Crippen molar-refractivity contribution in [2.45, 2.75) is 20.4 Å². The fourth-order valence-electron chi connectivity index (χ4n) is 6.00. The molecule has 0 atom stereocenters. The second-order valence-electron chi connectivity index (χ2n) is 11.4. The van der Waals surface area contributed by atoms with E-state index in [1.165, 1.54) is 6.08 Å². The summed E-state index contributed by atoms with van der Waals surface area (Å²) in [7, 11) is 3.10. The van der Waals surface area contributed by atoms with Gasteiger partial charge in [0.1, 0.15) is 23.0 Å². The molecule has 3 aromatic heterocycles. The van der Waals surface area contributed by atoms with Crippen molar-refractivity contribution >= 4 is 62.9 Å². The third-order valence-electron chi connectivity index (χ3n) is 8.56. The zero-order valence-corrected chi connectivity index (χ0v) is 28.4. The molecule has 0 saturated carbocycles. The highest BCUT2D eigenvalue weighted by atomic mass is 35.5. The van der Waals surface area contributed by atoms with Gasteiger partial charge in [0.15, 0.2) is 0 Å². The fraction of sp³-hybridized carbons (Fsp3) is 0.286. The van der Waals surface area contributed by atoms with Gasteiger partial charge in [-0.1, -0.05) is 36.7 Å². The zero-order chi connectivity index (χ0) is 33.2. The SMILES string of the molecule is C=CC(=O)NCc1cc(N2CCN(CC)CC2)ccc1Nc1cc2c(cn1)cc(-c1c(Cl)c(OC)cc(OC)c1Cl)c1nc(C)cn12. The van der Waals surface area contributed by atoms with Gasteiger partial charge in [0, 0.05) is 85.1 Å². The molecular weight excluding hydrogens is 637 g/mol. The average Bonchev–Trinajstić information content (AvgIpc) is 3.49. The van der Waals surface area contributed by atoms with E-state index >= 15 is 0 Å². The lowest BCUT2D eigenvalue weighted by Gasteiger charge is -2.35. The molecule has 0 spiro atoms. The molecule has 0 bridgehead atoms. The number of ether oxygens (including phenoxy) is 2. The molecule has 47 heavy (non-hydrogen) atoms. The Kier molecular flexibility index (Phi) is 9.45. The Balaban J connectivity index is 1.40. The first kappa shape index (κ1) is 32.4. The number of anilines is 3. The van der Waals surface area contributed by atoms with Gasteiger partial charge >= 0.3 is 0 Å². The highest BCUT2D eigenvalue weighted by Gasteiger charge is 2.23. The molecule has 2 N–H and O–H groups in total. The minimum Gasteiger partial charge on any atom is -0.495 e. The van der Waals surface area contributed by atoms with Gasteiger partial charge in [-0.25, -0.2) is 9.97 Å². The van der Waals surface area contributed by atoms with Crippen LogP contribution in [0.25, 0.3) is 27.7 Å². The summed E-state index contributed by atoms with van der Waals surface area (Å²) in [5, 5.41) is 7.99. The number of carbonyl (C=O) groups excluding carboxylic acids is 1. The second kappa shape index (κ2) is 13.7. The van der Waals surface area contributed by atoms with Crippen LogP contribution in [-0.4, -0.2) is 72.1 Å². The maximum Gasteiger partial charge on any atom is 0.243 e. The number of methoxy groups -OCH3 is 2. The number of nitrogens with zero attached hydrogens (tertiary/aromatic N) is 5. The first-order chi connectivity index (χ1) is 22.7. The molecule has 4 heterocycles. The van der Waals surface area contributed by atoms with Crippen molar-refractivity contribution in [2.24, 2.45) is 0 Å². The number of carbonyl (C=O) groups is 1. The number of piperazine rings is 1. The normalized spacial score (nSPS) is 13.6. The van der Waals surface area contributed by atoms with Crippen molar-refractivity contribution < 1.29 is 14.3 Å². The first-order valence-corrected chi connectivity index (χ1v) is 16.2. The van der Waals surface area contributed by atoms with Crippen molar-refractivity contribution in [2.75, 3.05) is 57.2 Å². The molecule has 1 amide bonds. The number of aromatic nitrogens is 3. The number of nitrogens with one attached hydrogen (secondary N) is 2. The predicted octanol–water partition coefficient (Wildman–Crippen LogP) is 6.87. The monoisotopic (exact) mass is 673 g/mol. The van der Waals surface area contributed by atoms with Gasteiger partial charge in [0.05, 0.1) is 35.5 Å². The van der Waals surface area contributed by atoms with Crippen LogP contribution in [0, 0.1) is 6.92 Å². The quantitative estimate of drug-likeness (QED) is 0.155. The highest BCUT2D eigenvalue weighted by molar-refractivity contribution is 6.41. The Morgan fingerprint density at radius 3 is 2.43 bits per heavy atom. The second-order valence-corrected chi connectivity index (χ2v) is 12.1. The van der Waals surface area contributed by atoms with Gasteiger partial charge in [-0.05, 0) is 49.4 Å². The Labute approximate surface area is 283 Å². The van der Waals surface area contributed by atoms with Gasteiger partial charge in [-0.2, -0.15) is 0 Å². The minimum atomic E-state index is -0.232. The zero-order valence-electron chi connectivity index (χ0n) is 26.9. The van der Waals surface area contributed by atoms with Crippen LogP contribution in [0.4, 0.5) is 17.2 Å². The van der Waals surface area contributed by atoms with Crippen LogP contribution in [0.2, 0.25) is 10.0 Å². The molecule has 0 unspecified atom stereocenters. The van der Waals surface area contributed by atoms with E-state index in [0.717, 1.165) is 71.8 Å². The summed E-state index contributed by atoms with van der Waals surface area (Å²) in [4.78, 5) is 26.5. The van der Waals surface area contributed by atoms with Crippen LogP contribution in [-0.2, 0) is 11.3 Å². The van der Waals surface area contributed by atoms with Crippen LogP contribution < -0.4 is 25.0 Å². The number of rotatable bonds is 10. The summed E-state index contributed by atoms with van der Waals surface area (Å²) in [6.07, 6.45) is 5.05. The standard InChI is InChI=1S/C35H37Cl2N7O3/c1-6-31(45)39-18-22-14-24(43-12-10-42(7-2)11-13-43)8-9-26(22)41-30-16-27-23(19-38-30)15-25(35-40-21(3)20-44(27)35)32-33(36)28(46-4)17-29(47-5)34(32)37/h6,8-9,14-17,19-20H,1,7,10-13,18H2,2-5H3,(H,38,41)(H,39,45). The van der Waals surface area contributed by atoms with Gasteiger partial charge < -0.3 is 29.9 Å². The number of halogens is 2. The predicted molar refractivity (Wildman–Crippen MR) is 190 cm³/mol. The third-order valence-corrected chi connectivity index (χ3v) is 9.31. The maximum absolute atomic E-state index is 12.1. The molecule has 2 aromatic carbocycles. The third kappa shape index (κ3) is 6.41. The van der Waals surface area contributed by atoms with E-state index in [-0.39, 0.29) is 5.91 Å². The number of imidazole rings is 1. The number of pyridine rings is 2. The van der Waals surface area contributed by atoms with Crippen LogP contribution in [0.3, 0.4) is 0 Å². The van der Waals surface area contributed by atoms with E-state index in [4.69, 9.17) is 42.6 Å². The lowest BCUT2D eigenvalue weighted by atomic mass is 10.0. The summed E-state index contributed by atoms with van der Waals surface area (Å²) in [6, 6.07) is 11.9. The largest absolute Gasteiger partial charge is 0.495 e. The molecular formula is C35H37Cl2N7O3. The van der Waals surface area contributed by atoms with Gasteiger partial charge in [-0.3, -0.25) is 9.20 Å². The van der Waals surface area contributed by atoms with Crippen LogP contribution in [0.1, 0.15) is 18.2 Å². The molecule has 0 aliphatic carbocycles. The van der Waals surface area contributed by atoms with Crippen molar-refractivity contribution in [3.8, 4) is 22.6 Å². The molecule has 1 aliphatic heterocycles. The number of benzene rings is 2. The van der Waals surface area contributed by atoms with Gasteiger partial charge in [0.2, 0.25) is 5.91 Å². The van der Waals surface area contributed by atoms with Gasteiger partial charge in [-0.15, -0.1) is 0 Å². The summed E-state index contributed by atoms with van der Waals surface area (Å²) in [5.41, 5.74) is 6.56. The van der Waals surface area contributed by atoms with Crippen LogP contribution in [0.15, 0.2) is 61.4 Å². The molecule has 5 aromatic rings. The number of aryl methyl sites for hydroxylation is 1. The topological polar surface area (TPSA) is 96.3 Å². The lowest BCUT2D eigenvalue weighted by molar-refractivity contribution is -0.116. The molecule has 6 rings (SSSR count). The molecule has 12 heteroatoms. The summed E-state index contributed by atoms with van der Waals surface area (Å²) in [6.45, 7) is 13.1. The molecule has 1 fully saturated rings. The summed E-state index contributed by atoms with van der Waals surface area (Å²) >= 11 is 13.7. The van der Waals surface area contributed by atoms with Crippen LogP contribution >= 0.6 is 23.2 Å². The van der Waals surface area contributed by atoms with E-state index in [9.17, 15) is 4.79 Å². The minimum absolute atomic E-state index is 0.232. The summed E-state index contributed by atoms with van der Waals surface area (Å²) in [5.74, 6) is 1.29. The highest BCUT2D eigenvalue weighted by Crippen LogP contribution is 2.47. The number of hydrogen-bond donors (Lipinski definition) is 2. The Bertz CT molecular complexity index is 1960. The van der Waals surface area contributed by atoms with E-state index in [0.29, 0.717) is 45.1 Å². The number of amides is 1. The summed E-state index contributed by atoms with van der Waals surface area (Å²) < 4.78 is 13.1. The number of fused-ring (bicyclic) bond motifs is 3. The number of hydrogen-bond acceptors (Lipinski definition) is 8. The van der Waals surface area contributed by atoms with Crippen LogP contribution in [0.5, 0.6) is 11.5 Å².